The molecule has 0 aliphatic carbocycles. The molecule has 1 amide bonds. The predicted molar refractivity (Wildman–Crippen MR) is 91.7 cm³/mol. The molecule has 3 rings (SSSR count). The predicted octanol–water partition coefficient (Wildman–Crippen LogP) is 3.75. The van der Waals surface area contributed by atoms with Crippen molar-refractivity contribution in [3.63, 3.8) is 0 Å². The van der Waals surface area contributed by atoms with Crippen LogP contribution in [0, 0.1) is 0 Å². The summed E-state index contributed by atoms with van der Waals surface area (Å²) < 4.78 is 5.21. The lowest BCUT2D eigenvalue weighted by molar-refractivity contribution is 0.0947. The number of nitrogens with zero attached hydrogens (tertiary/aromatic N) is 1. The molecule has 0 atom stereocenters. The van der Waals surface area contributed by atoms with Gasteiger partial charge in [-0.15, -0.1) is 11.3 Å². The molecule has 23 heavy (non-hydrogen) atoms. The number of nitrogens with one attached hydrogen (secondary N) is 1. The standard InChI is InChI=1S/C18H16N2O2S/c1-22-16-10-6-5-9-15(16)17(21)19-11-14-12-23-18(20-14)13-7-3-2-4-8-13/h2-10,12H,11H2,1H3,(H,19,21). The fraction of sp³-hybridized carbons (Fsp3) is 0.111. The zero-order valence-electron chi connectivity index (χ0n) is 12.7. The zero-order chi connectivity index (χ0) is 16.1. The van der Waals surface area contributed by atoms with Gasteiger partial charge in [0.1, 0.15) is 10.8 Å². The average molecular weight is 324 g/mol. The van der Waals surface area contributed by atoms with Crippen molar-refractivity contribution >= 4 is 17.2 Å². The van der Waals surface area contributed by atoms with Gasteiger partial charge in [0.05, 0.1) is 24.9 Å². The third-order valence-electron chi connectivity index (χ3n) is 3.35. The Morgan fingerprint density at radius 2 is 1.87 bits per heavy atom. The highest BCUT2D eigenvalue weighted by molar-refractivity contribution is 7.13. The van der Waals surface area contributed by atoms with E-state index >= 15 is 0 Å². The molecule has 0 bridgehead atoms. The first-order chi connectivity index (χ1) is 11.3. The monoisotopic (exact) mass is 324 g/mol. The van der Waals surface area contributed by atoms with Gasteiger partial charge in [-0.3, -0.25) is 4.79 Å². The van der Waals surface area contributed by atoms with Gasteiger partial charge < -0.3 is 10.1 Å². The van der Waals surface area contributed by atoms with Gasteiger partial charge in [-0.05, 0) is 12.1 Å². The summed E-state index contributed by atoms with van der Waals surface area (Å²) in [5.41, 5.74) is 2.45. The van der Waals surface area contributed by atoms with Crippen LogP contribution in [0.5, 0.6) is 5.75 Å². The van der Waals surface area contributed by atoms with E-state index in [9.17, 15) is 4.79 Å². The average Bonchev–Trinajstić information content (AvgIpc) is 3.09. The molecule has 0 radical (unpaired) electrons. The molecule has 3 aromatic rings. The molecule has 4 nitrogen and oxygen atoms in total. The number of para-hydroxylation sites is 1. The molecular weight excluding hydrogens is 308 g/mol. The van der Waals surface area contributed by atoms with E-state index in [1.807, 2.05) is 47.8 Å². The zero-order valence-corrected chi connectivity index (χ0v) is 13.5. The van der Waals surface area contributed by atoms with Crippen LogP contribution in [-0.2, 0) is 6.54 Å². The number of benzene rings is 2. The van der Waals surface area contributed by atoms with E-state index in [0.717, 1.165) is 16.3 Å². The Balaban J connectivity index is 1.67. The first-order valence-electron chi connectivity index (χ1n) is 7.19. The first-order valence-corrected chi connectivity index (χ1v) is 8.07. The quantitative estimate of drug-likeness (QED) is 0.777. The highest BCUT2D eigenvalue weighted by Gasteiger charge is 2.12. The Morgan fingerprint density at radius 3 is 2.65 bits per heavy atom. The number of ether oxygens (including phenoxy) is 1. The second kappa shape index (κ2) is 7.07. The molecule has 1 heterocycles. The van der Waals surface area contributed by atoms with Crippen LogP contribution in [0.15, 0.2) is 60.0 Å². The second-order valence-electron chi connectivity index (χ2n) is 4.89. The van der Waals surface area contributed by atoms with Gasteiger partial charge in [-0.25, -0.2) is 4.98 Å². The summed E-state index contributed by atoms with van der Waals surface area (Å²) in [6.45, 7) is 0.389. The van der Waals surface area contributed by atoms with Crippen LogP contribution in [0.25, 0.3) is 10.6 Å². The summed E-state index contributed by atoms with van der Waals surface area (Å²) in [4.78, 5) is 16.8. The van der Waals surface area contributed by atoms with Crippen molar-refractivity contribution in [1.29, 1.82) is 0 Å². The highest BCUT2D eigenvalue weighted by Crippen LogP contribution is 2.23. The lowest BCUT2D eigenvalue weighted by Gasteiger charge is -2.08. The molecule has 5 heteroatoms. The number of amides is 1. The highest BCUT2D eigenvalue weighted by atomic mass is 32.1. The van der Waals surface area contributed by atoms with Gasteiger partial charge in [0.25, 0.3) is 5.91 Å². The minimum Gasteiger partial charge on any atom is -0.496 e. The van der Waals surface area contributed by atoms with E-state index in [1.165, 1.54) is 0 Å². The van der Waals surface area contributed by atoms with E-state index in [1.54, 1.807) is 30.6 Å². The number of carbonyl (C=O) groups excluding carboxylic acids is 1. The van der Waals surface area contributed by atoms with Crippen LogP contribution in [0.2, 0.25) is 0 Å². The van der Waals surface area contributed by atoms with Gasteiger partial charge in [0, 0.05) is 10.9 Å². The van der Waals surface area contributed by atoms with E-state index in [2.05, 4.69) is 10.3 Å². The molecule has 1 N–H and O–H groups in total. The smallest absolute Gasteiger partial charge is 0.255 e. The summed E-state index contributed by atoms with van der Waals surface area (Å²) in [6.07, 6.45) is 0. The number of thiazole rings is 1. The SMILES string of the molecule is COc1ccccc1C(=O)NCc1csc(-c2ccccc2)n1. The minimum absolute atomic E-state index is 0.170. The molecule has 0 spiro atoms. The Bertz CT molecular complexity index is 800. The van der Waals surface area contributed by atoms with Gasteiger partial charge in [0.15, 0.2) is 0 Å². The summed E-state index contributed by atoms with van der Waals surface area (Å²) in [5, 5.41) is 5.79. The van der Waals surface area contributed by atoms with Crippen LogP contribution in [0.1, 0.15) is 16.1 Å². The molecule has 1 aromatic heterocycles. The van der Waals surface area contributed by atoms with Crippen LogP contribution in [0.4, 0.5) is 0 Å². The third-order valence-corrected chi connectivity index (χ3v) is 4.29. The Hall–Kier alpha value is -2.66. The van der Waals surface area contributed by atoms with Crippen molar-refractivity contribution in [1.82, 2.24) is 10.3 Å². The molecule has 116 valence electrons. The molecule has 0 saturated heterocycles. The molecule has 0 aliphatic heterocycles. The maximum atomic E-state index is 12.3. The molecule has 2 aromatic carbocycles. The van der Waals surface area contributed by atoms with Crippen molar-refractivity contribution in [3.8, 4) is 16.3 Å². The fourth-order valence-corrected chi connectivity index (χ4v) is 3.03. The van der Waals surface area contributed by atoms with Crippen molar-refractivity contribution in [2.24, 2.45) is 0 Å². The third kappa shape index (κ3) is 3.57. The number of carbonyl (C=O) groups is 1. The molecule has 0 fully saturated rings. The van der Waals surface area contributed by atoms with Crippen LogP contribution in [-0.4, -0.2) is 18.0 Å². The number of methoxy groups -OCH3 is 1. The lowest BCUT2D eigenvalue weighted by Crippen LogP contribution is -2.23. The van der Waals surface area contributed by atoms with Crippen molar-refractivity contribution in [3.05, 3.63) is 71.2 Å². The summed E-state index contributed by atoms with van der Waals surface area (Å²) in [6, 6.07) is 17.2. The van der Waals surface area contributed by atoms with Gasteiger partial charge in [0.2, 0.25) is 0 Å². The Morgan fingerprint density at radius 1 is 1.13 bits per heavy atom. The topological polar surface area (TPSA) is 51.2 Å². The fourth-order valence-electron chi connectivity index (χ4n) is 2.20. The Kier molecular flexibility index (Phi) is 4.68. The molecular formula is C18H16N2O2S. The lowest BCUT2D eigenvalue weighted by atomic mass is 10.2. The van der Waals surface area contributed by atoms with Gasteiger partial charge in [-0.1, -0.05) is 42.5 Å². The molecule has 0 unspecified atom stereocenters. The molecule has 0 aliphatic rings. The number of hydrogen-bond acceptors (Lipinski definition) is 4. The van der Waals surface area contributed by atoms with E-state index in [4.69, 9.17) is 4.74 Å². The van der Waals surface area contributed by atoms with Gasteiger partial charge in [-0.2, -0.15) is 0 Å². The maximum Gasteiger partial charge on any atom is 0.255 e. The number of aromatic nitrogens is 1. The van der Waals surface area contributed by atoms with Crippen LogP contribution in [0.3, 0.4) is 0 Å². The summed E-state index contributed by atoms with van der Waals surface area (Å²) in [5.74, 6) is 0.393. The van der Waals surface area contributed by atoms with Crippen molar-refractivity contribution < 1.29 is 9.53 Å². The van der Waals surface area contributed by atoms with E-state index in [0.29, 0.717) is 17.9 Å². The number of rotatable bonds is 5. The van der Waals surface area contributed by atoms with Gasteiger partial charge >= 0.3 is 0 Å². The largest absolute Gasteiger partial charge is 0.496 e. The van der Waals surface area contributed by atoms with Crippen LogP contribution < -0.4 is 10.1 Å². The first kappa shape index (κ1) is 15.2. The van der Waals surface area contributed by atoms with E-state index < -0.39 is 0 Å². The minimum atomic E-state index is -0.170. The van der Waals surface area contributed by atoms with Crippen molar-refractivity contribution in [2.45, 2.75) is 6.54 Å². The second-order valence-corrected chi connectivity index (χ2v) is 5.75. The van der Waals surface area contributed by atoms with E-state index in [-0.39, 0.29) is 5.91 Å². The number of hydrogen-bond donors (Lipinski definition) is 1. The van der Waals surface area contributed by atoms with Crippen molar-refractivity contribution in [2.75, 3.05) is 7.11 Å². The normalized spacial score (nSPS) is 10.3. The summed E-state index contributed by atoms with van der Waals surface area (Å²) >= 11 is 1.57. The maximum absolute atomic E-state index is 12.3. The Labute approximate surface area is 138 Å². The molecule has 0 saturated carbocycles. The van der Waals surface area contributed by atoms with Crippen LogP contribution >= 0.6 is 11.3 Å². The summed E-state index contributed by atoms with van der Waals surface area (Å²) in [7, 11) is 1.55.